The Labute approximate surface area is 185 Å². The van der Waals surface area contributed by atoms with Crippen molar-refractivity contribution >= 4 is 40.4 Å². The van der Waals surface area contributed by atoms with Crippen LogP contribution >= 0.6 is 11.6 Å². The van der Waals surface area contributed by atoms with E-state index >= 15 is 0 Å². The summed E-state index contributed by atoms with van der Waals surface area (Å²) in [6.07, 6.45) is 1.85. The average molecular weight is 440 g/mol. The van der Waals surface area contributed by atoms with Gasteiger partial charge in [0.1, 0.15) is 5.70 Å². The molecule has 0 unspecified atom stereocenters. The molecular formula is C23H22ClN3O4. The van der Waals surface area contributed by atoms with Gasteiger partial charge in [0.05, 0.1) is 16.2 Å². The second-order valence-electron chi connectivity index (χ2n) is 8.03. The van der Waals surface area contributed by atoms with Gasteiger partial charge in [0.2, 0.25) is 0 Å². The van der Waals surface area contributed by atoms with Gasteiger partial charge in [0.25, 0.3) is 17.5 Å². The molecule has 2 heterocycles. The lowest BCUT2D eigenvalue weighted by atomic mass is 9.97. The van der Waals surface area contributed by atoms with Gasteiger partial charge in [-0.05, 0) is 61.1 Å². The number of anilines is 1. The third kappa shape index (κ3) is 3.70. The number of carbonyl (C=O) groups is 2. The fraction of sp³-hybridized carbons (Fsp3) is 0.304. The van der Waals surface area contributed by atoms with Crippen LogP contribution in [0.5, 0.6) is 0 Å². The summed E-state index contributed by atoms with van der Waals surface area (Å²) in [4.78, 5) is 40.8. The van der Waals surface area contributed by atoms with Gasteiger partial charge < -0.3 is 4.90 Å². The number of amides is 2. The molecule has 0 spiro atoms. The summed E-state index contributed by atoms with van der Waals surface area (Å²) in [5.74, 6) is -0.283. The number of benzene rings is 2. The highest BCUT2D eigenvalue weighted by molar-refractivity contribution is 6.46. The Bertz CT molecular complexity index is 1100. The van der Waals surface area contributed by atoms with Crippen molar-refractivity contribution in [3.8, 4) is 0 Å². The molecule has 0 aliphatic carbocycles. The average Bonchev–Trinajstić information content (AvgIpc) is 3.01. The van der Waals surface area contributed by atoms with Crippen molar-refractivity contribution in [3.05, 3.63) is 74.4 Å². The van der Waals surface area contributed by atoms with Crippen molar-refractivity contribution in [2.45, 2.75) is 26.7 Å². The molecule has 2 aromatic rings. The Hall–Kier alpha value is -3.19. The molecule has 0 atom stereocenters. The Morgan fingerprint density at radius 3 is 2.29 bits per heavy atom. The molecular weight excluding hydrogens is 418 g/mol. The maximum Gasteiger partial charge on any atom is 0.282 e. The minimum absolute atomic E-state index is 0.0722. The molecule has 8 heteroatoms. The summed E-state index contributed by atoms with van der Waals surface area (Å²) >= 11 is 6.25. The summed E-state index contributed by atoms with van der Waals surface area (Å²) in [5, 5.41) is 11.5. The van der Waals surface area contributed by atoms with Gasteiger partial charge in [-0.3, -0.25) is 19.7 Å². The molecule has 2 aliphatic heterocycles. The van der Waals surface area contributed by atoms with Crippen molar-refractivity contribution in [2.75, 3.05) is 18.0 Å². The Morgan fingerprint density at radius 1 is 1.03 bits per heavy atom. The molecule has 1 fully saturated rings. The van der Waals surface area contributed by atoms with Crippen LogP contribution in [-0.4, -0.2) is 34.7 Å². The van der Waals surface area contributed by atoms with Crippen molar-refractivity contribution in [1.82, 2.24) is 4.90 Å². The van der Waals surface area contributed by atoms with Gasteiger partial charge in [0.15, 0.2) is 0 Å². The molecule has 0 radical (unpaired) electrons. The van der Waals surface area contributed by atoms with Crippen LogP contribution in [-0.2, 0) is 9.59 Å². The van der Waals surface area contributed by atoms with E-state index in [0.717, 1.165) is 12.8 Å². The van der Waals surface area contributed by atoms with Crippen LogP contribution < -0.4 is 4.90 Å². The summed E-state index contributed by atoms with van der Waals surface area (Å²) in [6.45, 7) is 5.29. The van der Waals surface area contributed by atoms with Crippen molar-refractivity contribution in [1.29, 1.82) is 0 Å². The lowest BCUT2D eigenvalue weighted by molar-refractivity contribution is -0.384. The number of likely N-dealkylation sites (tertiary alicyclic amines) is 1. The molecule has 0 N–H and O–H groups in total. The van der Waals surface area contributed by atoms with E-state index in [0.29, 0.717) is 46.5 Å². The highest BCUT2D eigenvalue weighted by atomic mass is 35.5. The van der Waals surface area contributed by atoms with Crippen LogP contribution in [0.1, 0.15) is 30.9 Å². The molecule has 0 bridgehead atoms. The first kappa shape index (κ1) is 21.1. The highest BCUT2D eigenvalue weighted by Gasteiger charge is 2.43. The Morgan fingerprint density at radius 2 is 1.68 bits per heavy atom. The number of hydrogen-bond acceptors (Lipinski definition) is 5. The maximum absolute atomic E-state index is 13.6. The van der Waals surface area contributed by atoms with Crippen LogP contribution in [0.4, 0.5) is 11.4 Å². The number of nitro groups is 1. The molecule has 2 aromatic carbocycles. The van der Waals surface area contributed by atoms with Crippen LogP contribution in [0.3, 0.4) is 0 Å². The van der Waals surface area contributed by atoms with Gasteiger partial charge >= 0.3 is 0 Å². The molecule has 2 amide bonds. The SMILES string of the molecule is Cc1c(Cl)cccc1N1C(=O)C(c2ccc([N+](=O)[O-])cc2)=C(N2CCC(C)CC2)C1=O. The number of non-ortho nitro benzene ring substituents is 1. The second-order valence-corrected chi connectivity index (χ2v) is 8.43. The first-order valence-electron chi connectivity index (χ1n) is 10.2. The third-order valence-corrected chi connectivity index (χ3v) is 6.42. The monoisotopic (exact) mass is 439 g/mol. The normalized spacial score (nSPS) is 17.6. The maximum atomic E-state index is 13.6. The van der Waals surface area contributed by atoms with Crippen LogP contribution in [0.15, 0.2) is 48.2 Å². The predicted octanol–water partition coefficient (Wildman–Crippen LogP) is 4.57. The van der Waals surface area contributed by atoms with E-state index in [1.807, 2.05) is 4.90 Å². The van der Waals surface area contributed by atoms with E-state index in [1.54, 1.807) is 25.1 Å². The van der Waals surface area contributed by atoms with Gasteiger partial charge in [-0.25, -0.2) is 4.90 Å². The lowest BCUT2D eigenvalue weighted by Gasteiger charge is -2.32. The van der Waals surface area contributed by atoms with E-state index < -0.39 is 16.7 Å². The van der Waals surface area contributed by atoms with E-state index in [2.05, 4.69) is 6.92 Å². The first-order chi connectivity index (χ1) is 14.8. The van der Waals surface area contributed by atoms with Crippen LogP contribution in [0.25, 0.3) is 5.57 Å². The third-order valence-electron chi connectivity index (χ3n) is 6.01. The Balaban J connectivity index is 1.83. The number of halogens is 1. The number of rotatable bonds is 4. The second kappa shape index (κ2) is 8.15. The van der Waals surface area contributed by atoms with Crippen molar-refractivity contribution in [3.63, 3.8) is 0 Å². The number of hydrogen-bond donors (Lipinski definition) is 0. The summed E-state index contributed by atoms with van der Waals surface area (Å²) in [5.41, 5.74) is 2.13. The number of imide groups is 1. The zero-order chi connectivity index (χ0) is 22.3. The van der Waals surface area contributed by atoms with Gasteiger partial charge in [-0.1, -0.05) is 24.6 Å². The van der Waals surface area contributed by atoms with Gasteiger partial charge in [-0.2, -0.15) is 0 Å². The minimum Gasteiger partial charge on any atom is -0.366 e. The number of carbonyl (C=O) groups excluding carboxylic acids is 2. The molecule has 7 nitrogen and oxygen atoms in total. The van der Waals surface area contributed by atoms with Crippen LogP contribution in [0, 0.1) is 23.0 Å². The smallest absolute Gasteiger partial charge is 0.282 e. The molecule has 1 saturated heterocycles. The minimum atomic E-state index is -0.492. The topological polar surface area (TPSA) is 83.8 Å². The van der Waals surface area contributed by atoms with Crippen LogP contribution in [0.2, 0.25) is 5.02 Å². The number of nitrogens with zero attached hydrogens (tertiary/aromatic N) is 3. The van der Waals surface area contributed by atoms with E-state index in [4.69, 9.17) is 11.6 Å². The zero-order valence-corrected chi connectivity index (χ0v) is 18.1. The van der Waals surface area contributed by atoms with E-state index in [1.165, 1.54) is 29.2 Å². The van der Waals surface area contributed by atoms with Crippen molar-refractivity contribution in [2.24, 2.45) is 5.92 Å². The standard InChI is InChI=1S/C23H22ClN3O4/c1-14-10-12-25(13-11-14)21-20(16-6-8-17(9-7-16)27(30)31)22(28)26(23(21)29)19-5-3-4-18(24)15(19)2/h3-9,14H,10-13H2,1-2H3. The van der Waals surface area contributed by atoms with E-state index in [-0.39, 0.29) is 11.3 Å². The number of piperidine rings is 1. The predicted molar refractivity (Wildman–Crippen MR) is 119 cm³/mol. The van der Waals surface area contributed by atoms with Gasteiger partial charge in [-0.15, -0.1) is 0 Å². The lowest BCUT2D eigenvalue weighted by Crippen LogP contribution is -2.38. The summed E-state index contributed by atoms with van der Waals surface area (Å²) < 4.78 is 0. The molecule has 4 rings (SSSR count). The molecule has 160 valence electrons. The van der Waals surface area contributed by atoms with Crippen molar-refractivity contribution < 1.29 is 14.5 Å². The summed E-state index contributed by atoms with van der Waals surface area (Å²) in [6, 6.07) is 10.9. The van der Waals surface area contributed by atoms with Gasteiger partial charge in [0, 0.05) is 30.2 Å². The Kier molecular flexibility index (Phi) is 5.54. The fourth-order valence-corrected chi connectivity index (χ4v) is 4.28. The molecule has 0 aromatic heterocycles. The molecule has 0 saturated carbocycles. The largest absolute Gasteiger partial charge is 0.366 e. The fourth-order valence-electron chi connectivity index (χ4n) is 4.11. The molecule has 2 aliphatic rings. The zero-order valence-electron chi connectivity index (χ0n) is 17.3. The summed E-state index contributed by atoms with van der Waals surface area (Å²) in [7, 11) is 0. The molecule has 31 heavy (non-hydrogen) atoms. The van der Waals surface area contributed by atoms with E-state index in [9.17, 15) is 19.7 Å². The quantitative estimate of drug-likeness (QED) is 0.395. The number of nitro benzene ring substituents is 1. The highest BCUT2D eigenvalue weighted by Crippen LogP contribution is 2.38. The first-order valence-corrected chi connectivity index (χ1v) is 10.6.